The summed E-state index contributed by atoms with van der Waals surface area (Å²) in [4.78, 5) is 12.1. The minimum atomic E-state index is -0.403. The van der Waals surface area contributed by atoms with Crippen LogP contribution in [0.2, 0.25) is 0 Å². The fourth-order valence-corrected chi connectivity index (χ4v) is 2.79. The van der Waals surface area contributed by atoms with Gasteiger partial charge in [-0.3, -0.25) is 0 Å². The van der Waals surface area contributed by atoms with Crippen LogP contribution in [-0.4, -0.2) is 17.4 Å². The first-order valence-electron chi connectivity index (χ1n) is 8.53. The molecule has 0 saturated carbocycles. The molecule has 5 heteroatoms. The first-order valence-corrected chi connectivity index (χ1v) is 8.53. The van der Waals surface area contributed by atoms with Crippen LogP contribution in [0.5, 0.6) is 5.75 Å². The maximum atomic E-state index is 12.1. The average molecular weight is 339 g/mol. The number of carbonyl (C=O) groups is 1. The van der Waals surface area contributed by atoms with Crippen molar-refractivity contribution in [2.75, 3.05) is 0 Å². The molecule has 1 unspecified atom stereocenters. The molecule has 132 valence electrons. The van der Waals surface area contributed by atoms with Gasteiger partial charge in [-0.2, -0.15) is 5.10 Å². The smallest absolute Gasteiger partial charge is 0.335 e. The number of fused-ring (bicyclic) bond motifs is 1. The lowest BCUT2D eigenvalue weighted by atomic mass is 9.96. The molecular weight excluding hydrogens is 314 g/mol. The van der Waals surface area contributed by atoms with Crippen LogP contribution in [-0.2, 0) is 0 Å². The van der Waals surface area contributed by atoms with Crippen molar-refractivity contribution in [3.05, 3.63) is 53.6 Å². The van der Waals surface area contributed by atoms with Crippen LogP contribution in [0.4, 0.5) is 4.79 Å². The Morgan fingerprint density at radius 3 is 2.72 bits per heavy atom. The Hall–Kier alpha value is -2.82. The van der Waals surface area contributed by atoms with Crippen LogP contribution in [0.3, 0.4) is 0 Å². The number of phenols is 1. The van der Waals surface area contributed by atoms with Crippen molar-refractivity contribution in [2.24, 2.45) is 5.10 Å². The van der Waals surface area contributed by atoms with Gasteiger partial charge in [-0.1, -0.05) is 50.3 Å². The van der Waals surface area contributed by atoms with E-state index in [1.165, 1.54) is 0 Å². The van der Waals surface area contributed by atoms with E-state index in [1.807, 2.05) is 57.2 Å². The third-order valence-corrected chi connectivity index (χ3v) is 3.97. The molecule has 0 bridgehead atoms. The molecule has 0 aliphatic heterocycles. The molecule has 0 heterocycles. The van der Waals surface area contributed by atoms with Crippen LogP contribution in [0.1, 0.15) is 45.2 Å². The van der Waals surface area contributed by atoms with Gasteiger partial charge in [0.05, 0.1) is 6.04 Å². The van der Waals surface area contributed by atoms with Crippen molar-refractivity contribution in [1.82, 2.24) is 10.7 Å². The monoisotopic (exact) mass is 339 g/mol. The number of aromatic hydroxyl groups is 1. The normalized spacial score (nSPS) is 13.2. The molecule has 0 fully saturated rings. The van der Waals surface area contributed by atoms with Crippen molar-refractivity contribution in [1.29, 1.82) is 0 Å². The summed E-state index contributed by atoms with van der Waals surface area (Å²) in [7, 11) is 0. The summed E-state index contributed by atoms with van der Waals surface area (Å²) < 4.78 is 0. The molecule has 0 aliphatic carbocycles. The van der Waals surface area contributed by atoms with Gasteiger partial charge in [-0.15, -0.1) is 0 Å². The van der Waals surface area contributed by atoms with E-state index in [0.29, 0.717) is 6.42 Å². The van der Waals surface area contributed by atoms with Crippen molar-refractivity contribution < 1.29 is 9.90 Å². The summed E-state index contributed by atoms with van der Waals surface area (Å²) in [6.45, 7) is 5.93. The van der Waals surface area contributed by atoms with Gasteiger partial charge in [-0.05, 0) is 42.2 Å². The highest BCUT2D eigenvalue weighted by molar-refractivity contribution is 5.89. The molecule has 25 heavy (non-hydrogen) atoms. The summed E-state index contributed by atoms with van der Waals surface area (Å²) in [5.74, 6) is 0.177. The zero-order chi connectivity index (χ0) is 18.2. The fourth-order valence-electron chi connectivity index (χ4n) is 2.79. The molecule has 0 radical (unpaired) electrons. The number of amides is 2. The Kier molecular flexibility index (Phi) is 6.57. The molecule has 2 amide bonds. The number of hydrogen-bond donors (Lipinski definition) is 3. The number of nitrogens with one attached hydrogen (secondary N) is 2. The van der Waals surface area contributed by atoms with Crippen LogP contribution in [0.15, 0.2) is 53.1 Å². The Bertz CT molecular complexity index is 797. The molecule has 3 N–H and O–H groups in total. The highest BCUT2D eigenvalue weighted by Crippen LogP contribution is 2.33. The minimum absolute atomic E-state index is 0.177. The zero-order valence-electron chi connectivity index (χ0n) is 14.9. The van der Waals surface area contributed by atoms with E-state index >= 15 is 0 Å². The van der Waals surface area contributed by atoms with E-state index in [-0.39, 0.29) is 11.8 Å². The molecule has 5 nitrogen and oxygen atoms in total. The van der Waals surface area contributed by atoms with Crippen molar-refractivity contribution in [3.63, 3.8) is 0 Å². The lowest BCUT2D eigenvalue weighted by molar-refractivity contribution is 0.237. The quantitative estimate of drug-likeness (QED) is 0.530. The molecule has 0 aromatic heterocycles. The lowest BCUT2D eigenvalue weighted by Gasteiger charge is -2.20. The minimum Gasteiger partial charge on any atom is -0.508 e. The summed E-state index contributed by atoms with van der Waals surface area (Å²) in [5, 5.41) is 19.1. The highest BCUT2D eigenvalue weighted by atomic mass is 16.3. The number of hydrazone groups is 1. The first kappa shape index (κ1) is 18.5. The fraction of sp³-hybridized carbons (Fsp3) is 0.300. The number of rotatable bonds is 6. The Balaban J connectivity index is 2.17. The average Bonchev–Trinajstić information content (AvgIpc) is 2.60. The van der Waals surface area contributed by atoms with E-state index in [0.717, 1.165) is 28.3 Å². The van der Waals surface area contributed by atoms with Gasteiger partial charge in [0.1, 0.15) is 5.75 Å². The summed E-state index contributed by atoms with van der Waals surface area (Å²) in [6, 6.07) is 10.6. The van der Waals surface area contributed by atoms with Gasteiger partial charge in [0.15, 0.2) is 0 Å². The Morgan fingerprint density at radius 1 is 1.24 bits per heavy atom. The second-order valence-electron chi connectivity index (χ2n) is 5.88. The largest absolute Gasteiger partial charge is 0.508 e. The van der Waals surface area contributed by atoms with Gasteiger partial charge < -0.3 is 10.4 Å². The number of hydrogen-bond acceptors (Lipinski definition) is 3. The number of urea groups is 1. The molecule has 0 saturated heterocycles. The number of nitrogens with zero attached hydrogens (tertiary/aromatic N) is 1. The molecule has 2 aromatic rings. The zero-order valence-corrected chi connectivity index (χ0v) is 14.9. The molecular formula is C20H25N3O2. The molecule has 0 spiro atoms. The number of carbonyl (C=O) groups excluding carboxylic acids is 1. The van der Waals surface area contributed by atoms with Gasteiger partial charge in [-0.25, -0.2) is 10.2 Å². The third kappa shape index (κ3) is 4.83. The number of allylic oxidation sites excluding steroid dienone is 2. The molecule has 2 rings (SSSR count). The second-order valence-corrected chi connectivity index (χ2v) is 5.88. The van der Waals surface area contributed by atoms with Crippen LogP contribution in [0.25, 0.3) is 10.8 Å². The van der Waals surface area contributed by atoms with Crippen LogP contribution in [0, 0.1) is 0 Å². The van der Waals surface area contributed by atoms with E-state index in [1.54, 1.807) is 12.3 Å². The number of benzene rings is 2. The van der Waals surface area contributed by atoms with Crippen LogP contribution >= 0.6 is 0 Å². The predicted molar refractivity (Wildman–Crippen MR) is 103 cm³/mol. The van der Waals surface area contributed by atoms with Crippen molar-refractivity contribution in [3.8, 4) is 5.75 Å². The highest BCUT2D eigenvalue weighted by Gasteiger charge is 2.18. The summed E-state index contributed by atoms with van der Waals surface area (Å²) in [5.41, 5.74) is 4.18. The first-order chi connectivity index (χ1) is 12.1. The summed E-state index contributed by atoms with van der Waals surface area (Å²) in [6.07, 6.45) is 5.20. The predicted octanol–water partition coefficient (Wildman–Crippen LogP) is 4.64. The second kappa shape index (κ2) is 8.87. The maximum Gasteiger partial charge on any atom is 0.335 e. The molecule has 1 atom stereocenters. The SMILES string of the molecule is CC/C=C(C)\C=N\NC(=O)NC(CC)c1c(O)ccc2ccccc12. The lowest BCUT2D eigenvalue weighted by Crippen LogP contribution is -2.35. The van der Waals surface area contributed by atoms with E-state index in [4.69, 9.17) is 0 Å². The molecule has 2 aromatic carbocycles. The van der Waals surface area contributed by atoms with Gasteiger partial charge in [0, 0.05) is 11.8 Å². The molecule has 0 aliphatic rings. The Morgan fingerprint density at radius 2 is 2.00 bits per heavy atom. The van der Waals surface area contributed by atoms with E-state index < -0.39 is 6.03 Å². The van der Waals surface area contributed by atoms with Gasteiger partial charge >= 0.3 is 6.03 Å². The van der Waals surface area contributed by atoms with Crippen molar-refractivity contribution in [2.45, 2.75) is 39.7 Å². The topological polar surface area (TPSA) is 73.7 Å². The maximum absolute atomic E-state index is 12.1. The van der Waals surface area contributed by atoms with Gasteiger partial charge in [0.2, 0.25) is 0 Å². The number of phenolic OH excluding ortho intramolecular Hbond substituents is 1. The summed E-state index contributed by atoms with van der Waals surface area (Å²) >= 11 is 0. The van der Waals surface area contributed by atoms with Gasteiger partial charge in [0.25, 0.3) is 0 Å². The van der Waals surface area contributed by atoms with E-state index in [9.17, 15) is 9.90 Å². The standard InChI is InChI=1S/C20H25N3O2/c1-4-8-14(3)13-21-23-20(25)22-17(5-2)19-16-10-7-6-9-15(16)11-12-18(19)24/h6-13,17,24H,4-5H2,1-3H3,(H2,22,23,25)/b14-8-,21-13+. The third-order valence-electron chi connectivity index (χ3n) is 3.97. The van der Waals surface area contributed by atoms with Crippen LogP contribution < -0.4 is 10.7 Å². The van der Waals surface area contributed by atoms with Crippen molar-refractivity contribution >= 4 is 23.0 Å². The van der Waals surface area contributed by atoms with E-state index in [2.05, 4.69) is 15.8 Å². The Labute approximate surface area is 148 Å².